The Morgan fingerprint density at radius 3 is 2.61 bits per heavy atom. The van der Waals surface area contributed by atoms with Crippen LogP contribution in [0.1, 0.15) is 56.3 Å². The topological polar surface area (TPSA) is 153 Å². The van der Waals surface area contributed by atoms with E-state index in [2.05, 4.69) is 5.32 Å². The molecule has 9 nitrogen and oxygen atoms in total. The van der Waals surface area contributed by atoms with E-state index in [0.717, 1.165) is 18.6 Å². The SMILES string of the molecule is C[C@]12C[C@@]34C=CC(=O)[C@@](C)(CCC(=O)Nc5c(O)ccc(C(=O)O)c5O)[C@@H]3C(O)(C[C@@H]1C4)O2. The van der Waals surface area contributed by atoms with Crippen LogP contribution in [0.3, 0.4) is 0 Å². The second kappa shape index (κ2) is 6.57. The zero-order valence-electron chi connectivity index (χ0n) is 18.4. The molecule has 4 fully saturated rings. The number of carboxylic acid groups (broad SMARTS) is 1. The van der Waals surface area contributed by atoms with Gasteiger partial charge in [0.15, 0.2) is 17.3 Å². The third-order valence-electron chi connectivity index (χ3n) is 8.43. The molecule has 2 saturated carbocycles. The highest BCUT2D eigenvalue weighted by molar-refractivity contribution is 6.00. The number of anilines is 1. The summed E-state index contributed by atoms with van der Waals surface area (Å²) in [4.78, 5) is 37.1. The molecule has 0 radical (unpaired) electrons. The largest absolute Gasteiger partial charge is 0.506 e. The van der Waals surface area contributed by atoms with Gasteiger partial charge >= 0.3 is 5.97 Å². The molecule has 5 N–H and O–H groups in total. The van der Waals surface area contributed by atoms with Gasteiger partial charge in [-0.1, -0.05) is 13.0 Å². The minimum atomic E-state index is -1.44. The van der Waals surface area contributed by atoms with Crippen molar-refractivity contribution in [2.24, 2.45) is 22.7 Å². The molecule has 2 saturated heterocycles. The first-order valence-electron chi connectivity index (χ1n) is 11.1. The van der Waals surface area contributed by atoms with Gasteiger partial charge in [-0.3, -0.25) is 9.59 Å². The molecule has 33 heavy (non-hydrogen) atoms. The van der Waals surface area contributed by atoms with Gasteiger partial charge in [0, 0.05) is 29.6 Å². The number of allylic oxidation sites excluding steroid dienone is 2. The second-order valence-corrected chi connectivity index (χ2v) is 10.5. The Bertz CT molecular complexity index is 1130. The maximum Gasteiger partial charge on any atom is 0.339 e. The molecule has 2 heterocycles. The highest BCUT2D eigenvalue weighted by Gasteiger charge is 2.77. The highest BCUT2D eigenvalue weighted by atomic mass is 16.6. The lowest BCUT2D eigenvalue weighted by Gasteiger charge is -2.58. The first kappa shape index (κ1) is 21.9. The minimum absolute atomic E-state index is 0.113. The quantitative estimate of drug-likeness (QED) is 0.423. The molecule has 1 aromatic rings. The first-order chi connectivity index (χ1) is 15.3. The van der Waals surface area contributed by atoms with E-state index in [4.69, 9.17) is 9.84 Å². The van der Waals surface area contributed by atoms with Gasteiger partial charge < -0.3 is 30.5 Å². The molecular weight excluding hydrogens is 430 g/mol. The van der Waals surface area contributed by atoms with Crippen LogP contribution in [0, 0.1) is 22.7 Å². The zero-order chi connectivity index (χ0) is 24.0. The monoisotopic (exact) mass is 457 g/mol. The summed E-state index contributed by atoms with van der Waals surface area (Å²) in [5.74, 6) is -5.13. The van der Waals surface area contributed by atoms with E-state index in [1.54, 1.807) is 13.0 Å². The molecular formula is C24H27NO8. The van der Waals surface area contributed by atoms with Crippen LogP contribution in [0.15, 0.2) is 24.3 Å². The normalized spacial score (nSPS) is 40.2. The Morgan fingerprint density at radius 2 is 1.94 bits per heavy atom. The predicted octanol–water partition coefficient (Wildman–Crippen LogP) is 2.55. The van der Waals surface area contributed by atoms with Crippen molar-refractivity contribution < 1.29 is 39.5 Å². The second-order valence-electron chi connectivity index (χ2n) is 10.5. The number of phenolic OH excluding ortho intramolecular Hbond substituents is 1. The number of ketones is 1. The number of nitrogens with one attached hydrogen (secondary N) is 1. The summed E-state index contributed by atoms with van der Waals surface area (Å²) in [5.41, 5.74) is -2.70. The van der Waals surface area contributed by atoms with Crippen LogP contribution in [-0.2, 0) is 14.3 Å². The number of aromatic carboxylic acids is 1. The van der Waals surface area contributed by atoms with E-state index < -0.39 is 57.3 Å². The fraction of sp³-hybridized carbons (Fsp3) is 0.542. The van der Waals surface area contributed by atoms with Gasteiger partial charge in [-0.15, -0.1) is 0 Å². The molecule has 0 aromatic heterocycles. The summed E-state index contributed by atoms with van der Waals surface area (Å²) in [6.45, 7) is 3.77. The number of carbonyl (C=O) groups excluding carboxylic acids is 2. The van der Waals surface area contributed by atoms with Crippen molar-refractivity contribution >= 4 is 23.3 Å². The van der Waals surface area contributed by atoms with Crippen molar-refractivity contribution in [2.45, 2.75) is 57.3 Å². The van der Waals surface area contributed by atoms with Gasteiger partial charge in [0.05, 0.1) is 5.60 Å². The van der Waals surface area contributed by atoms with Crippen molar-refractivity contribution in [1.29, 1.82) is 0 Å². The number of hydrogen-bond acceptors (Lipinski definition) is 7. The van der Waals surface area contributed by atoms with Gasteiger partial charge in [-0.2, -0.15) is 0 Å². The molecule has 9 heteroatoms. The number of phenols is 2. The third kappa shape index (κ3) is 2.88. The summed E-state index contributed by atoms with van der Waals surface area (Å²) in [6.07, 6.45) is 5.47. The number of carbonyl (C=O) groups is 3. The van der Waals surface area contributed by atoms with Crippen LogP contribution >= 0.6 is 0 Å². The number of benzene rings is 1. The maximum absolute atomic E-state index is 13.1. The average Bonchev–Trinajstić information content (AvgIpc) is 3.04. The Hall–Kier alpha value is -2.91. The van der Waals surface area contributed by atoms with E-state index in [1.165, 1.54) is 0 Å². The van der Waals surface area contributed by atoms with Gasteiger partial charge in [0.25, 0.3) is 0 Å². The van der Waals surface area contributed by atoms with Gasteiger partial charge in [0.2, 0.25) is 5.91 Å². The lowest BCUT2D eigenvalue weighted by molar-refractivity contribution is -0.313. The summed E-state index contributed by atoms with van der Waals surface area (Å²) in [7, 11) is 0. The average molecular weight is 457 g/mol. The standard InChI is InChI=1S/C24H27NO8/c1-21(7-6-16(28)25-17-14(26)4-3-13(18(17)29)19(30)31)15(27)5-8-23-9-12-10-24(32,20(21)23)33-22(12,2)11-23/h3-5,8,12,20,26,29,32H,6-7,9-11H2,1-2H3,(H,25,28)(H,30,31)/t12-,20-,21+,22-,23-,24?/m0/s1. The van der Waals surface area contributed by atoms with Crippen molar-refractivity contribution in [3.8, 4) is 11.5 Å². The number of rotatable bonds is 5. The van der Waals surface area contributed by atoms with E-state index in [0.29, 0.717) is 12.8 Å². The van der Waals surface area contributed by atoms with Crippen LogP contribution in [-0.4, -0.2) is 49.5 Å². The van der Waals surface area contributed by atoms with Gasteiger partial charge in [0.1, 0.15) is 17.0 Å². The van der Waals surface area contributed by atoms with Crippen LogP contribution in [0.25, 0.3) is 0 Å². The first-order valence-corrected chi connectivity index (χ1v) is 11.1. The van der Waals surface area contributed by atoms with E-state index in [9.17, 15) is 29.7 Å². The van der Waals surface area contributed by atoms with Crippen molar-refractivity contribution in [1.82, 2.24) is 0 Å². The Balaban J connectivity index is 1.39. The highest BCUT2D eigenvalue weighted by Crippen LogP contribution is 2.74. The predicted molar refractivity (Wildman–Crippen MR) is 115 cm³/mol. The molecule has 1 amide bonds. The Morgan fingerprint density at radius 1 is 1.21 bits per heavy atom. The molecule has 1 unspecified atom stereocenters. The van der Waals surface area contributed by atoms with Crippen LogP contribution in [0.4, 0.5) is 5.69 Å². The van der Waals surface area contributed by atoms with Crippen molar-refractivity contribution in [3.05, 3.63) is 29.8 Å². The summed E-state index contributed by atoms with van der Waals surface area (Å²) < 4.78 is 6.15. The lowest BCUT2D eigenvalue weighted by atomic mass is 9.50. The fourth-order valence-corrected chi connectivity index (χ4v) is 7.25. The molecule has 176 valence electrons. The number of carboxylic acids is 1. The third-order valence-corrected chi connectivity index (χ3v) is 8.43. The smallest absolute Gasteiger partial charge is 0.339 e. The van der Waals surface area contributed by atoms with Crippen LogP contribution in [0.2, 0.25) is 0 Å². The van der Waals surface area contributed by atoms with E-state index in [1.807, 2.05) is 13.0 Å². The Labute approximate surface area is 190 Å². The van der Waals surface area contributed by atoms with Crippen LogP contribution < -0.4 is 5.32 Å². The molecule has 1 aromatic carbocycles. The molecule has 5 aliphatic rings. The van der Waals surface area contributed by atoms with E-state index >= 15 is 0 Å². The number of hydrogen-bond donors (Lipinski definition) is 5. The van der Waals surface area contributed by atoms with Crippen molar-refractivity contribution in [2.75, 3.05) is 5.32 Å². The number of ether oxygens (including phenoxy) is 1. The lowest BCUT2D eigenvalue weighted by Crippen LogP contribution is -2.62. The van der Waals surface area contributed by atoms with Gasteiger partial charge in [-0.05, 0) is 50.3 Å². The number of aliphatic hydroxyl groups is 1. The summed E-state index contributed by atoms with van der Waals surface area (Å²) >= 11 is 0. The molecule has 4 bridgehead atoms. The molecule has 3 aliphatic carbocycles. The van der Waals surface area contributed by atoms with E-state index in [-0.39, 0.29) is 30.0 Å². The summed E-state index contributed by atoms with van der Waals surface area (Å²) in [6, 6.07) is 2.10. The molecule has 6 rings (SSSR count). The molecule has 6 atom stereocenters. The van der Waals surface area contributed by atoms with Gasteiger partial charge in [-0.25, -0.2) is 4.79 Å². The fourth-order valence-electron chi connectivity index (χ4n) is 7.25. The Kier molecular flexibility index (Phi) is 4.36. The zero-order valence-corrected chi connectivity index (χ0v) is 18.4. The maximum atomic E-state index is 13.1. The molecule has 1 spiro atoms. The molecule has 2 aliphatic heterocycles. The number of amides is 1. The van der Waals surface area contributed by atoms with Crippen molar-refractivity contribution in [3.63, 3.8) is 0 Å². The summed E-state index contributed by atoms with van der Waals surface area (Å²) in [5, 5.41) is 43.1. The minimum Gasteiger partial charge on any atom is -0.506 e. The van der Waals surface area contributed by atoms with Crippen LogP contribution in [0.5, 0.6) is 11.5 Å². The number of aromatic hydroxyl groups is 2.